The highest BCUT2D eigenvalue weighted by Crippen LogP contribution is 2.34. The highest BCUT2D eigenvalue weighted by Gasteiger charge is 2.50. The normalized spacial score (nSPS) is 30.0. The van der Waals surface area contributed by atoms with Crippen LogP contribution in [-0.2, 0) is 20.8 Å². The molecule has 6 heteroatoms. The van der Waals surface area contributed by atoms with Crippen LogP contribution in [0.4, 0.5) is 9.18 Å². The third-order valence-electron chi connectivity index (χ3n) is 3.84. The quantitative estimate of drug-likeness (QED) is 0.842. The maximum Gasteiger partial charge on any atom is 0.410 e. The van der Waals surface area contributed by atoms with Crippen LogP contribution >= 0.6 is 0 Å². The van der Waals surface area contributed by atoms with E-state index in [9.17, 15) is 9.18 Å². The van der Waals surface area contributed by atoms with E-state index < -0.39 is 30.3 Å². The first-order chi connectivity index (χ1) is 10.4. The molecule has 2 heterocycles. The van der Waals surface area contributed by atoms with Crippen molar-refractivity contribution >= 4 is 6.09 Å². The molecular weight excluding hydrogens is 289 g/mol. The molecule has 120 valence electrons. The van der Waals surface area contributed by atoms with Gasteiger partial charge in [0.05, 0.1) is 13.1 Å². The standard InChI is InChI=1S/C16H20FNO4/c1-16(2)21-13-9-18(8-12(17)14(13)22-16)15(19)20-10-11-6-4-3-5-7-11/h3-7,12-14H,8-10H2,1-2H3. The van der Waals surface area contributed by atoms with Crippen LogP contribution in [0.5, 0.6) is 0 Å². The number of hydrogen-bond acceptors (Lipinski definition) is 4. The molecule has 22 heavy (non-hydrogen) atoms. The van der Waals surface area contributed by atoms with Gasteiger partial charge in [0, 0.05) is 0 Å². The van der Waals surface area contributed by atoms with Crippen LogP contribution in [-0.4, -0.2) is 48.2 Å². The monoisotopic (exact) mass is 309 g/mol. The summed E-state index contributed by atoms with van der Waals surface area (Å²) in [6.07, 6.45) is -2.88. The minimum atomic E-state index is -1.27. The molecule has 2 fully saturated rings. The van der Waals surface area contributed by atoms with Crippen LogP contribution < -0.4 is 0 Å². The second-order valence-corrected chi connectivity index (χ2v) is 6.10. The number of amides is 1. The van der Waals surface area contributed by atoms with Crippen LogP contribution in [0.1, 0.15) is 19.4 Å². The first-order valence-corrected chi connectivity index (χ1v) is 7.40. The predicted molar refractivity (Wildman–Crippen MR) is 76.9 cm³/mol. The van der Waals surface area contributed by atoms with Gasteiger partial charge < -0.3 is 19.1 Å². The van der Waals surface area contributed by atoms with Gasteiger partial charge in [-0.2, -0.15) is 0 Å². The lowest BCUT2D eigenvalue weighted by Crippen LogP contribution is -2.54. The van der Waals surface area contributed by atoms with Crippen LogP contribution in [0, 0.1) is 0 Å². The highest BCUT2D eigenvalue weighted by atomic mass is 19.1. The summed E-state index contributed by atoms with van der Waals surface area (Å²) in [7, 11) is 0. The summed E-state index contributed by atoms with van der Waals surface area (Å²) in [5, 5.41) is 0. The molecule has 5 nitrogen and oxygen atoms in total. The first kappa shape index (κ1) is 15.2. The van der Waals surface area contributed by atoms with E-state index in [1.54, 1.807) is 13.8 Å². The Morgan fingerprint density at radius 1 is 1.32 bits per heavy atom. The van der Waals surface area contributed by atoms with Crippen molar-refractivity contribution in [2.24, 2.45) is 0 Å². The number of rotatable bonds is 2. The number of nitrogens with zero attached hydrogens (tertiary/aromatic N) is 1. The fourth-order valence-electron chi connectivity index (χ4n) is 2.88. The molecule has 0 aliphatic carbocycles. The van der Waals surface area contributed by atoms with Gasteiger partial charge in [0.2, 0.25) is 0 Å². The van der Waals surface area contributed by atoms with Crippen molar-refractivity contribution in [2.45, 2.75) is 44.6 Å². The highest BCUT2D eigenvalue weighted by molar-refractivity contribution is 5.68. The number of piperidine rings is 1. The minimum absolute atomic E-state index is 0.0335. The van der Waals surface area contributed by atoms with E-state index in [2.05, 4.69) is 0 Å². The Morgan fingerprint density at radius 3 is 2.77 bits per heavy atom. The zero-order chi connectivity index (χ0) is 15.7. The second-order valence-electron chi connectivity index (χ2n) is 6.10. The lowest BCUT2D eigenvalue weighted by atomic mass is 10.0. The Morgan fingerprint density at radius 2 is 2.05 bits per heavy atom. The summed E-state index contributed by atoms with van der Waals surface area (Å²) in [6.45, 7) is 3.91. The number of fused-ring (bicyclic) bond motifs is 1. The average molecular weight is 309 g/mol. The molecule has 0 radical (unpaired) electrons. The van der Waals surface area contributed by atoms with Gasteiger partial charge in [0.15, 0.2) is 5.79 Å². The van der Waals surface area contributed by atoms with Crippen molar-refractivity contribution in [2.75, 3.05) is 13.1 Å². The fraction of sp³-hybridized carbons (Fsp3) is 0.562. The average Bonchev–Trinajstić information content (AvgIpc) is 2.80. The van der Waals surface area contributed by atoms with E-state index in [0.717, 1.165) is 5.56 Å². The van der Waals surface area contributed by atoms with Gasteiger partial charge in [0.1, 0.15) is 25.0 Å². The van der Waals surface area contributed by atoms with Crippen LogP contribution in [0.3, 0.4) is 0 Å². The summed E-state index contributed by atoms with van der Waals surface area (Å²) in [6, 6.07) is 9.38. The Hall–Kier alpha value is -1.66. The van der Waals surface area contributed by atoms with Crippen LogP contribution in [0.2, 0.25) is 0 Å². The van der Waals surface area contributed by atoms with Gasteiger partial charge in [-0.1, -0.05) is 30.3 Å². The predicted octanol–water partition coefficient (Wildman–Crippen LogP) is 2.50. The summed E-state index contributed by atoms with van der Waals surface area (Å²) in [5.41, 5.74) is 0.893. The molecule has 0 saturated carbocycles. The molecule has 1 aromatic rings. The molecule has 0 bridgehead atoms. The van der Waals surface area contributed by atoms with Crippen LogP contribution in [0.15, 0.2) is 30.3 Å². The van der Waals surface area contributed by atoms with Crippen molar-refractivity contribution < 1.29 is 23.4 Å². The van der Waals surface area contributed by atoms with Crippen molar-refractivity contribution in [1.29, 1.82) is 0 Å². The SMILES string of the molecule is CC1(C)OC2CN(C(=O)OCc3ccccc3)CC(F)C2O1. The summed E-state index contributed by atoms with van der Waals surface area (Å²) >= 11 is 0. The lowest BCUT2D eigenvalue weighted by molar-refractivity contribution is -0.148. The molecule has 0 aromatic heterocycles. The molecule has 2 aliphatic heterocycles. The number of alkyl halides is 1. The topological polar surface area (TPSA) is 48.0 Å². The molecule has 3 rings (SSSR count). The summed E-state index contributed by atoms with van der Waals surface area (Å²) in [5.74, 6) is -0.816. The zero-order valence-corrected chi connectivity index (χ0v) is 12.7. The molecule has 1 aromatic carbocycles. The van der Waals surface area contributed by atoms with E-state index in [-0.39, 0.29) is 19.7 Å². The Labute approximate surface area is 128 Å². The van der Waals surface area contributed by atoms with E-state index in [0.29, 0.717) is 0 Å². The van der Waals surface area contributed by atoms with Gasteiger partial charge in [0.25, 0.3) is 0 Å². The molecular formula is C16H20FNO4. The smallest absolute Gasteiger partial charge is 0.410 e. The lowest BCUT2D eigenvalue weighted by Gasteiger charge is -2.34. The number of likely N-dealkylation sites (tertiary alicyclic amines) is 1. The maximum atomic E-state index is 14.2. The third kappa shape index (κ3) is 3.23. The molecule has 1 amide bonds. The van der Waals surface area contributed by atoms with Gasteiger partial charge in [-0.25, -0.2) is 9.18 Å². The van der Waals surface area contributed by atoms with Gasteiger partial charge in [-0.05, 0) is 19.4 Å². The summed E-state index contributed by atoms with van der Waals surface area (Å²) in [4.78, 5) is 13.5. The number of ether oxygens (including phenoxy) is 3. The van der Waals surface area contributed by atoms with Gasteiger partial charge in [-0.3, -0.25) is 0 Å². The number of hydrogen-bond donors (Lipinski definition) is 0. The number of halogens is 1. The largest absolute Gasteiger partial charge is 0.445 e. The summed E-state index contributed by atoms with van der Waals surface area (Å²) < 4.78 is 30.6. The Kier molecular flexibility index (Phi) is 4.06. The van der Waals surface area contributed by atoms with E-state index in [1.165, 1.54) is 4.90 Å². The minimum Gasteiger partial charge on any atom is -0.445 e. The molecule has 3 unspecified atom stereocenters. The van der Waals surface area contributed by atoms with Gasteiger partial charge >= 0.3 is 6.09 Å². The third-order valence-corrected chi connectivity index (χ3v) is 3.84. The van der Waals surface area contributed by atoms with E-state index in [1.807, 2.05) is 30.3 Å². The molecule has 2 saturated heterocycles. The number of carbonyl (C=O) groups is 1. The number of carbonyl (C=O) groups excluding carboxylic acids is 1. The Bertz CT molecular complexity index is 536. The zero-order valence-electron chi connectivity index (χ0n) is 12.7. The molecule has 0 spiro atoms. The Balaban J connectivity index is 1.58. The van der Waals surface area contributed by atoms with Gasteiger partial charge in [-0.15, -0.1) is 0 Å². The van der Waals surface area contributed by atoms with E-state index >= 15 is 0 Å². The number of benzene rings is 1. The molecule has 3 atom stereocenters. The van der Waals surface area contributed by atoms with E-state index in [4.69, 9.17) is 14.2 Å². The van der Waals surface area contributed by atoms with Crippen molar-refractivity contribution in [3.05, 3.63) is 35.9 Å². The fourth-order valence-corrected chi connectivity index (χ4v) is 2.88. The van der Waals surface area contributed by atoms with Crippen molar-refractivity contribution in [3.63, 3.8) is 0 Å². The van der Waals surface area contributed by atoms with Crippen LogP contribution in [0.25, 0.3) is 0 Å². The first-order valence-electron chi connectivity index (χ1n) is 7.40. The molecule has 0 N–H and O–H groups in total. The maximum absolute atomic E-state index is 14.2. The molecule has 2 aliphatic rings. The second kappa shape index (κ2) is 5.85. The van der Waals surface area contributed by atoms with Crippen molar-refractivity contribution in [3.8, 4) is 0 Å². The van der Waals surface area contributed by atoms with Crippen molar-refractivity contribution in [1.82, 2.24) is 4.90 Å².